The van der Waals surface area contributed by atoms with Gasteiger partial charge in [-0.1, -0.05) is 42.5 Å². The Bertz CT molecular complexity index is 585. The summed E-state index contributed by atoms with van der Waals surface area (Å²) < 4.78 is 5.18. The van der Waals surface area contributed by atoms with Crippen LogP contribution in [0.15, 0.2) is 54.6 Å². The minimum atomic E-state index is 0.627. The SMILES string of the molecule is COCN(C)c1ccc(C2CCC(c3ccccc3)CC2)cc1. The average Bonchev–Trinajstić information content (AvgIpc) is 2.63. The van der Waals surface area contributed by atoms with Crippen molar-refractivity contribution in [3.05, 3.63) is 65.7 Å². The van der Waals surface area contributed by atoms with Crippen LogP contribution >= 0.6 is 0 Å². The molecule has 1 fully saturated rings. The zero-order valence-electron chi connectivity index (χ0n) is 14.2. The minimum Gasteiger partial charge on any atom is -0.364 e. The first kappa shape index (κ1) is 16.1. The fourth-order valence-electron chi connectivity index (χ4n) is 3.75. The monoisotopic (exact) mass is 309 g/mol. The average molecular weight is 309 g/mol. The van der Waals surface area contributed by atoms with Crippen LogP contribution in [-0.2, 0) is 4.74 Å². The lowest BCUT2D eigenvalue weighted by Gasteiger charge is -2.29. The highest BCUT2D eigenvalue weighted by Gasteiger charge is 2.23. The minimum absolute atomic E-state index is 0.627. The number of hydrogen-bond donors (Lipinski definition) is 0. The van der Waals surface area contributed by atoms with Gasteiger partial charge in [0.25, 0.3) is 0 Å². The first-order valence-corrected chi connectivity index (χ1v) is 8.63. The number of ether oxygens (including phenoxy) is 1. The normalized spacial score (nSPS) is 21.1. The summed E-state index contributed by atoms with van der Waals surface area (Å²) in [5.41, 5.74) is 4.22. The van der Waals surface area contributed by atoms with Gasteiger partial charge in [0.05, 0.1) is 0 Å². The van der Waals surface area contributed by atoms with Gasteiger partial charge in [-0.05, 0) is 60.8 Å². The number of nitrogens with zero attached hydrogens (tertiary/aromatic N) is 1. The molecule has 0 radical (unpaired) electrons. The van der Waals surface area contributed by atoms with Gasteiger partial charge in [-0.15, -0.1) is 0 Å². The molecule has 0 N–H and O–H groups in total. The number of rotatable bonds is 5. The maximum Gasteiger partial charge on any atom is 0.118 e. The molecular weight excluding hydrogens is 282 g/mol. The Morgan fingerprint density at radius 3 is 1.87 bits per heavy atom. The van der Waals surface area contributed by atoms with Crippen molar-refractivity contribution < 1.29 is 4.74 Å². The highest BCUT2D eigenvalue weighted by Crippen LogP contribution is 2.40. The van der Waals surface area contributed by atoms with E-state index in [1.807, 2.05) is 0 Å². The Morgan fingerprint density at radius 2 is 1.35 bits per heavy atom. The van der Waals surface area contributed by atoms with Crippen LogP contribution < -0.4 is 4.90 Å². The van der Waals surface area contributed by atoms with E-state index >= 15 is 0 Å². The van der Waals surface area contributed by atoms with Gasteiger partial charge in [0, 0.05) is 19.8 Å². The topological polar surface area (TPSA) is 12.5 Å². The zero-order valence-corrected chi connectivity index (χ0v) is 14.2. The molecule has 0 saturated heterocycles. The molecule has 2 aromatic rings. The lowest BCUT2D eigenvalue weighted by molar-refractivity contribution is 0.202. The van der Waals surface area contributed by atoms with Gasteiger partial charge < -0.3 is 9.64 Å². The third-order valence-electron chi connectivity index (χ3n) is 5.13. The van der Waals surface area contributed by atoms with Crippen molar-refractivity contribution in [1.82, 2.24) is 0 Å². The predicted octanol–water partition coefficient (Wildman–Crippen LogP) is 5.17. The second kappa shape index (κ2) is 7.65. The number of anilines is 1. The molecule has 0 atom stereocenters. The quantitative estimate of drug-likeness (QED) is 0.707. The lowest BCUT2D eigenvalue weighted by Crippen LogP contribution is -2.19. The summed E-state index contributed by atoms with van der Waals surface area (Å²) in [5, 5.41) is 0. The molecule has 1 aliphatic carbocycles. The first-order chi connectivity index (χ1) is 11.3. The molecule has 0 heterocycles. The highest BCUT2D eigenvalue weighted by atomic mass is 16.5. The summed E-state index contributed by atoms with van der Waals surface area (Å²) in [7, 11) is 3.79. The van der Waals surface area contributed by atoms with Gasteiger partial charge in [0.1, 0.15) is 6.73 Å². The lowest BCUT2D eigenvalue weighted by atomic mass is 9.76. The smallest absolute Gasteiger partial charge is 0.118 e. The van der Waals surface area contributed by atoms with Crippen LogP contribution in [0.3, 0.4) is 0 Å². The van der Waals surface area contributed by atoms with Crippen molar-refractivity contribution in [2.45, 2.75) is 37.5 Å². The summed E-state index contributed by atoms with van der Waals surface area (Å²) in [6.07, 6.45) is 5.21. The summed E-state index contributed by atoms with van der Waals surface area (Å²) in [6.45, 7) is 0.627. The van der Waals surface area contributed by atoms with Crippen molar-refractivity contribution in [3.8, 4) is 0 Å². The Balaban J connectivity index is 1.59. The molecule has 0 unspecified atom stereocenters. The Hall–Kier alpha value is -1.80. The van der Waals surface area contributed by atoms with Gasteiger partial charge in [-0.25, -0.2) is 0 Å². The molecule has 1 saturated carbocycles. The number of hydrogen-bond acceptors (Lipinski definition) is 2. The molecule has 0 amide bonds. The second-order valence-electron chi connectivity index (χ2n) is 6.67. The molecule has 0 aliphatic heterocycles. The van der Waals surface area contributed by atoms with Crippen LogP contribution in [0.1, 0.15) is 48.6 Å². The number of methoxy groups -OCH3 is 1. The van der Waals surface area contributed by atoms with Crippen molar-refractivity contribution in [1.29, 1.82) is 0 Å². The summed E-state index contributed by atoms with van der Waals surface area (Å²) >= 11 is 0. The molecule has 3 rings (SSSR count). The maximum absolute atomic E-state index is 5.18. The van der Waals surface area contributed by atoms with Gasteiger partial charge in [-0.2, -0.15) is 0 Å². The standard InChI is InChI=1S/C21H27NO/c1-22(16-23-2)21-14-12-20(13-15-21)19-10-8-18(9-11-19)17-6-4-3-5-7-17/h3-7,12-15,18-19H,8-11,16H2,1-2H3. The van der Waals surface area contributed by atoms with Crippen LogP contribution in [0.25, 0.3) is 0 Å². The van der Waals surface area contributed by atoms with Crippen LogP contribution in [0, 0.1) is 0 Å². The van der Waals surface area contributed by atoms with Crippen LogP contribution in [-0.4, -0.2) is 20.9 Å². The molecular formula is C21H27NO. The van der Waals surface area contributed by atoms with Crippen molar-refractivity contribution >= 4 is 5.69 Å². The summed E-state index contributed by atoms with van der Waals surface area (Å²) in [4.78, 5) is 2.12. The van der Waals surface area contributed by atoms with Crippen LogP contribution in [0.2, 0.25) is 0 Å². The molecule has 2 nitrogen and oxygen atoms in total. The van der Waals surface area contributed by atoms with E-state index in [2.05, 4.69) is 66.5 Å². The van der Waals surface area contributed by atoms with E-state index in [0.29, 0.717) is 6.73 Å². The highest BCUT2D eigenvalue weighted by molar-refractivity contribution is 5.47. The molecule has 122 valence electrons. The number of benzene rings is 2. The largest absolute Gasteiger partial charge is 0.364 e. The van der Waals surface area contributed by atoms with Gasteiger partial charge in [0.2, 0.25) is 0 Å². The molecule has 2 heteroatoms. The van der Waals surface area contributed by atoms with Gasteiger partial charge >= 0.3 is 0 Å². The van der Waals surface area contributed by atoms with E-state index in [-0.39, 0.29) is 0 Å². The van der Waals surface area contributed by atoms with Crippen molar-refractivity contribution in [2.24, 2.45) is 0 Å². The molecule has 0 aromatic heterocycles. The van der Waals surface area contributed by atoms with E-state index in [0.717, 1.165) is 11.8 Å². The maximum atomic E-state index is 5.18. The fraction of sp³-hybridized carbons (Fsp3) is 0.429. The van der Waals surface area contributed by atoms with E-state index in [4.69, 9.17) is 4.74 Å². The van der Waals surface area contributed by atoms with E-state index in [1.165, 1.54) is 42.5 Å². The third kappa shape index (κ3) is 3.94. The van der Waals surface area contributed by atoms with Crippen LogP contribution in [0.5, 0.6) is 0 Å². The first-order valence-electron chi connectivity index (χ1n) is 8.63. The Kier molecular flexibility index (Phi) is 5.35. The molecule has 0 bridgehead atoms. The van der Waals surface area contributed by atoms with Crippen molar-refractivity contribution in [2.75, 3.05) is 25.8 Å². The van der Waals surface area contributed by atoms with Gasteiger partial charge in [0.15, 0.2) is 0 Å². The zero-order chi connectivity index (χ0) is 16.1. The van der Waals surface area contributed by atoms with Crippen LogP contribution in [0.4, 0.5) is 5.69 Å². The molecule has 2 aromatic carbocycles. The second-order valence-corrected chi connectivity index (χ2v) is 6.67. The molecule has 1 aliphatic rings. The summed E-state index contributed by atoms with van der Waals surface area (Å²) in [6, 6.07) is 20.0. The van der Waals surface area contributed by atoms with Gasteiger partial charge in [-0.3, -0.25) is 0 Å². The molecule has 23 heavy (non-hydrogen) atoms. The predicted molar refractivity (Wildman–Crippen MR) is 97.1 cm³/mol. The third-order valence-corrected chi connectivity index (χ3v) is 5.13. The van der Waals surface area contributed by atoms with E-state index < -0.39 is 0 Å². The Morgan fingerprint density at radius 1 is 0.826 bits per heavy atom. The summed E-state index contributed by atoms with van der Waals surface area (Å²) in [5.74, 6) is 1.47. The fourth-order valence-corrected chi connectivity index (χ4v) is 3.75. The van der Waals surface area contributed by atoms with E-state index in [9.17, 15) is 0 Å². The van der Waals surface area contributed by atoms with E-state index in [1.54, 1.807) is 7.11 Å². The molecule has 0 spiro atoms. The Labute approximate surface area is 140 Å². The van der Waals surface area contributed by atoms with Crippen molar-refractivity contribution in [3.63, 3.8) is 0 Å².